The quantitative estimate of drug-likeness (QED) is 0.754. The number of nitrogens with one attached hydrogen (secondary N) is 2. The third kappa shape index (κ3) is 2.74. The first-order chi connectivity index (χ1) is 10.3. The first kappa shape index (κ1) is 13.2. The molecule has 0 saturated heterocycles. The van der Waals surface area contributed by atoms with E-state index in [0.29, 0.717) is 5.82 Å². The average Bonchev–Trinajstić information content (AvgIpc) is 2.97. The van der Waals surface area contributed by atoms with Gasteiger partial charge in [-0.25, -0.2) is 9.97 Å². The van der Waals surface area contributed by atoms with Crippen molar-refractivity contribution in [2.45, 2.75) is 6.92 Å². The number of nitrogens with zero attached hydrogens (tertiary/aromatic N) is 3. The molecule has 2 aromatic heterocycles. The maximum absolute atomic E-state index is 5.16. The molecule has 0 aliphatic carbocycles. The Morgan fingerprint density at radius 2 is 2.05 bits per heavy atom. The molecule has 6 nitrogen and oxygen atoms in total. The van der Waals surface area contributed by atoms with Crippen LogP contribution in [0.25, 0.3) is 5.65 Å². The van der Waals surface area contributed by atoms with Gasteiger partial charge in [-0.2, -0.15) is 0 Å². The Bertz CT molecular complexity index is 735. The average molecular weight is 283 g/mol. The van der Waals surface area contributed by atoms with Crippen molar-refractivity contribution in [2.24, 2.45) is 0 Å². The van der Waals surface area contributed by atoms with Crippen LogP contribution in [0.2, 0.25) is 0 Å². The summed E-state index contributed by atoms with van der Waals surface area (Å²) < 4.78 is 7.10. The van der Waals surface area contributed by atoms with Crippen LogP contribution in [0.15, 0.2) is 42.9 Å². The van der Waals surface area contributed by atoms with Gasteiger partial charge < -0.3 is 19.8 Å². The molecule has 2 N–H and O–H groups in total. The highest BCUT2D eigenvalue weighted by molar-refractivity contribution is 5.71. The Morgan fingerprint density at radius 3 is 2.76 bits per heavy atom. The van der Waals surface area contributed by atoms with Crippen LogP contribution in [0.1, 0.15) is 6.92 Å². The maximum atomic E-state index is 5.16. The van der Waals surface area contributed by atoms with Crippen LogP contribution in [0.3, 0.4) is 0 Å². The highest BCUT2D eigenvalue weighted by atomic mass is 16.5. The van der Waals surface area contributed by atoms with Gasteiger partial charge in [0, 0.05) is 24.6 Å². The molecule has 21 heavy (non-hydrogen) atoms. The fraction of sp³-hybridized carbons (Fsp3) is 0.200. The van der Waals surface area contributed by atoms with Gasteiger partial charge in [0.15, 0.2) is 11.5 Å². The number of ether oxygens (including phenoxy) is 1. The summed E-state index contributed by atoms with van der Waals surface area (Å²) in [5, 5.41) is 6.51. The van der Waals surface area contributed by atoms with Crippen molar-refractivity contribution in [3.8, 4) is 5.75 Å². The van der Waals surface area contributed by atoms with Crippen LogP contribution in [-0.4, -0.2) is 28.0 Å². The number of fused-ring (bicyclic) bond motifs is 1. The molecular weight excluding hydrogens is 266 g/mol. The van der Waals surface area contributed by atoms with E-state index in [1.165, 1.54) is 0 Å². The fourth-order valence-electron chi connectivity index (χ4n) is 2.09. The third-order valence-corrected chi connectivity index (χ3v) is 3.08. The lowest BCUT2D eigenvalue weighted by atomic mass is 10.3. The number of hydrogen-bond donors (Lipinski definition) is 2. The molecule has 108 valence electrons. The SMILES string of the molecule is CCNc1cn2ccnc2c(Nc2ccc(OC)cc2)n1. The van der Waals surface area contributed by atoms with Crippen LogP contribution < -0.4 is 15.4 Å². The highest BCUT2D eigenvalue weighted by Gasteiger charge is 2.07. The number of methoxy groups -OCH3 is 1. The minimum Gasteiger partial charge on any atom is -0.497 e. The summed E-state index contributed by atoms with van der Waals surface area (Å²) >= 11 is 0. The standard InChI is InChI=1S/C15H17N5O/c1-3-16-13-10-20-9-8-17-15(20)14(19-13)18-11-4-6-12(21-2)7-5-11/h4-10,16H,3H2,1-2H3,(H,18,19). The second kappa shape index (κ2) is 5.70. The van der Waals surface area contributed by atoms with Crippen LogP contribution in [-0.2, 0) is 0 Å². The minimum atomic E-state index is 0.712. The van der Waals surface area contributed by atoms with Gasteiger partial charge in [-0.05, 0) is 31.2 Å². The lowest BCUT2D eigenvalue weighted by Gasteiger charge is -2.10. The fourth-order valence-corrected chi connectivity index (χ4v) is 2.09. The molecule has 0 bridgehead atoms. The lowest BCUT2D eigenvalue weighted by Crippen LogP contribution is -2.05. The Morgan fingerprint density at radius 1 is 1.24 bits per heavy atom. The van der Waals surface area contributed by atoms with Gasteiger partial charge in [-0.1, -0.05) is 0 Å². The summed E-state index contributed by atoms with van der Waals surface area (Å²) in [6.07, 6.45) is 5.58. The predicted octanol–water partition coefficient (Wildman–Crippen LogP) is 2.91. The zero-order valence-corrected chi connectivity index (χ0v) is 12.0. The van der Waals surface area contributed by atoms with Crippen molar-refractivity contribution in [3.05, 3.63) is 42.9 Å². The van der Waals surface area contributed by atoms with Crippen molar-refractivity contribution in [3.63, 3.8) is 0 Å². The smallest absolute Gasteiger partial charge is 0.180 e. The van der Waals surface area contributed by atoms with Crippen LogP contribution >= 0.6 is 0 Å². The van der Waals surface area contributed by atoms with Gasteiger partial charge in [0.05, 0.1) is 13.3 Å². The van der Waals surface area contributed by atoms with E-state index < -0.39 is 0 Å². The number of aromatic nitrogens is 3. The summed E-state index contributed by atoms with van der Waals surface area (Å²) in [4.78, 5) is 8.90. The zero-order valence-electron chi connectivity index (χ0n) is 12.0. The van der Waals surface area contributed by atoms with Gasteiger partial charge in [0.25, 0.3) is 0 Å². The van der Waals surface area contributed by atoms with Crippen LogP contribution in [0, 0.1) is 0 Å². The largest absolute Gasteiger partial charge is 0.497 e. The molecule has 3 aromatic rings. The molecule has 1 aromatic carbocycles. The number of hydrogen-bond acceptors (Lipinski definition) is 5. The van der Waals surface area contributed by atoms with E-state index in [9.17, 15) is 0 Å². The van der Waals surface area contributed by atoms with Crippen molar-refractivity contribution in [1.29, 1.82) is 0 Å². The minimum absolute atomic E-state index is 0.712. The molecule has 0 fully saturated rings. The molecule has 0 unspecified atom stereocenters. The van der Waals surface area contributed by atoms with Gasteiger partial charge in [0.2, 0.25) is 0 Å². The summed E-state index contributed by atoms with van der Waals surface area (Å²) in [6, 6.07) is 7.69. The van der Waals surface area contributed by atoms with Crippen molar-refractivity contribution < 1.29 is 4.74 Å². The molecule has 0 amide bonds. The van der Waals surface area contributed by atoms with Gasteiger partial charge in [-0.3, -0.25) is 0 Å². The lowest BCUT2D eigenvalue weighted by molar-refractivity contribution is 0.415. The van der Waals surface area contributed by atoms with Crippen LogP contribution in [0.5, 0.6) is 5.75 Å². The van der Waals surface area contributed by atoms with E-state index in [0.717, 1.165) is 29.4 Å². The van der Waals surface area contributed by atoms with Crippen LogP contribution in [0.4, 0.5) is 17.3 Å². The summed E-state index contributed by atoms with van der Waals surface area (Å²) in [5.41, 5.74) is 1.72. The van der Waals surface area contributed by atoms with Crippen molar-refractivity contribution in [1.82, 2.24) is 14.4 Å². The summed E-state index contributed by atoms with van der Waals surface area (Å²) in [6.45, 7) is 2.85. The van der Waals surface area contributed by atoms with E-state index in [-0.39, 0.29) is 0 Å². The first-order valence-electron chi connectivity index (χ1n) is 6.79. The van der Waals surface area contributed by atoms with E-state index in [4.69, 9.17) is 4.74 Å². The molecular formula is C15H17N5O. The van der Waals surface area contributed by atoms with E-state index in [1.54, 1.807) is 13.3 Å². The molecule has 0 spiro atoms. The summed E-state index contributed by atoms with van der Waals surface area (Å²) in [7, 11) is 1.65. The van der Waals surface area contributed by atoms with Gasteiger partial charge in [-0.15, -0.1) is 0 Å². The second-order valence-corrected chi connectivity index (χ2v) is 4.52. The van der Waals surface area contributed by atoms with E-state index in [1.807, 2.05) is 48.0 Å². The maximum Gasteiger partial charge on any atom is 0.180 e. The van der Waals surface area contributed by atoms with E-state index in [2.05, 4.69) is 20.6 Å². The summed E-state index contributed by atoms with van der Waals surface area (Å²) in [5.74, 6) is 2.34. The number of rotatable bonds is 5. The number of imidazole rings is 1. The molecule has 0 radical (unpaired) electrons. The van der Waals surface area contributed by atoms with Gasteiger partial charge >= 0.3 is 0 Å². The molecule has 0 saturated carbocycles. The number of anilines is 3. The molecule has 0 aliphatic heterocycles. The normalized spacial score (nSPS) is 10.6. The first-order valence-corrected chi connectivity index (χ1v) is 6.79. The topological polar surface area (TPSA) is 63.5 Å². The molecule has 2 heterocycles. The Hall–Kier alpha value is -2.76. The van der Waals surface area contributed by atoms with Crippen molar-refractivity contribution in [2.75, 3.05) is 24.3 Å². The third-order valence-electron chi connectivity index (χ3n) is 3.08. The predicted molar refractivity (Wildman–Crippen MR) is 83.4 cm³/mol. The van der Waals surface area contributed by atoms with E-state index >= 15 is 0 Å². The Kier molecular flexibility index (Phi) is 3.59. The van der Waals surface area contributed by atoms with Crippen molar-refractivity contribution >= 4 is 23.0 Å². The monoisotopic (exact) mass is 283 g/mol. The number of benzene rings is 1. The highest BCUT2D eigenvalue weighted by Crippen LogP contribution is 2.22. The molecule has 0 aliphatic rings. The zero-order chi connectivity index (χ0) is 14.7. The molecule has 0 atom stereocenters. The molecule has 6 heteroatoms. The molecule has 3 rings (SSSR count). The second-order valence-electron chi connectivity index (χ2n) is 4.52. The Labute approximate surface area is 122 Å². The Balaban J connectivity index is 1.95. The van der Waals surface area contributed by atoms with Gasteiger partial charge in [0.1, 0.15) is 11.6 Å².